The molecule has 0 radical (unpaired) electrons. The Labute approximate surface area is 92.0 Å². The van der Waals surface area contributed by atoms with Crippen molar-refractivity contribution in [3.8, 4) is 0 Å². The molecule has 0 aromatic heterocycles. The van der Waals surface area contributed by atoms with E-state index in [2.05, 4.69) is 27.0 Å². The van der Waals surface area contributed by atoms with E-state index in [4.69, 9.17) is 0 Å². The lowest BCUT2D eigenvalue weighted by Gasteiger charge is -2.32. The van der Waals surface area contributed by atoms with E-state index in [1.54, 1.807) is 12.2 Å². The van der Waals surface area contributed by atoms with Gasteiger partial charge in [0.2, 0.25) is 5.91 Å². The second kappa shape index (κ2) is 4.47. The van der Waals surface area contributed by atoms with Crippen LogP contribution in [0.3, 0.4) is 0 Å². The second-order valence-electron chi connectivity index (χ2n) is 4.47. The van der Waals surface area contributed by atoms with Crippen molar-refractivity contribution in [2.45, 2.75) is 32.2 Å². The number of likely N-dealkylation sites (tertiary alicyclic amines) is 1. The summed E-state index contributed by atoms with van der Waals surface area (Å²) >= 11 is 0. The van der Waals surface area contributed by atoms with Gasteiger partial charge in [0.1, 0.15) is 0 Å². The Kier molecular flexibility index (Phi) is 3.51. The third-order valence-corrected chi connectivity index (χ3v) is 2.92. The maximum atomic E-state index is 11.7. The van der Waals surface area contributed by atoms with Crippen molar-refractivity contribution in [2.24, 2.45) is 0 Å². The van der Waals surface area contributed by atoms with Crippen LogP contribution in [0.4, 0.5) is 0 Å². The lowest BCUT2D eigenvalue weighted by Crippen LogP contribution is -2.41. The van der Waals surface area contributed by atoms with Gasteiger partial charge in [-0.1, -0.05) is 31.4 Å². The molecule has 1 amide bonds. The van der Waals surface area contributed by atoms with Gasteiger partial charge >= 0.3 is 0 Å². The number of allylic oxidation sites excluding steroid dienone is 2. The molecule has 0 bridgehead atoms. The van der Waals surface area contributed by atoms with Crippen LogP contribution in [0, 0.1) is 0 Å². The Morgan fingerprint density at radius 1 is 1.53 bits per heavy atom. The summed E-state index contributed by atoms with van der Waals surface area (Å²) in [6.45, 7) is 12.2. The molecule has 15 heavy (non-hydrogen) atoms. The first-order chi connectivity index (χ1) is 7.01. The molecular formula is C13H19NO. The van der Waals surface area contributed by atoms with Crippen LogP contribution in [0.25, 0.3) is 0 Å². The van der Waals surface area contributed by atoms with Crippen molar-refractivity contribution in [2.75, 3.05) is 6.54 Å². The summed E-state index contributed by atoms with van der Waals surface area (Å²) in [6.07, 6.45) is 7.00. The summed E-state index contributed by atoms with van der Waals surface area (Å²) < 4.78 is 0. The number of hydrogen-bond acceptors (Lipinski definition) is 1. The van der Waals surface area contributed by atoms with Gasteiger partial charge in [-0.15, -0.1) is 0 Å². The molecule has 1 aliphatic rings. The highest BCUT2D eigenvalue weighted by molar-refractivity contribution is 5.79. The van der Waals surface area contributed by atoms with Gasteiger partial charge in [0.25, 0.3) is 0 Å². The largest absolute Gasteiger partial charge is 0.333 e. The molecule has 0 atom stereocenters. The van der Waals surface area contributed by atoms with Gasteiger partial charge in [-0.2, -0.15) is 0 Å². The predicted octanol–water partition coefficient (Wildman–Crippen LogP) is 2.69. The Balaban J connectivity index is 2.79. The molecule has 1 aliphatic heterocycles. The predicted molar refractivity (Wildman–Crippen MR) is 63.5 cm³/mol. The Hall–Kier alpha value is -1.31. The summed E-state index contributed by atoms with van der Waals surface area (Å²) in [5.74, 6) is 0.233. The van der Waals surface area contributed by atoms with Gasteiger partial charge in [-0.25, -0.2) is 0 Å². The maximum absolute atomic E-state index is 11.7. The summed E-state index contributed by atoms with van der Waals surface area (Å²) in [6, 6.07) is 0. The van der Waals surface area contributed by atoms with E-state index in [1.807, 2.05) is 11.0 Å². The van der Waals surface area contributed by atoms with E-state index in [0.29, 0.717) is 13.0 Å². The average Bonchev–Trinajstić information content (AvgIpc) is 2.43. The zero-order valence-electron chi connectivity index (χ0n) is 9.62. The molecule has 1 heterocycles. The van der Waals surface area contributed by atoms with Gasteiger partial charge in [0, 0.05) is 18.5 Å². The lowest BCUT2D eigenvalue weighted by molar-refractivity contribution is -0.130. The van der Waals surface area contributed by atoms with Crippen LogP contribution in [-0.4, -0.2) is 22.9 Å². The highest BCUT2D eigenvalue weighted by Gasteiger charge is 2.37. The molecule has 0 aromatic rings. The lowest BCUT2D eigenvalue weighted by atomic mass is 10.0. The second-order valence-corrected chi connectivity index (χ2v) is 4.47. The molecule has 1 saturated heterocycles. The fourth-order valence-corrected chi connectivity index (χ4v) is 1.84. The minimum atomic E-state index is -0.0274. The number of rotatable bonds is 4. The number of amides is 1. The standard InChI is InChI=1S/C13H19NO/c1-5-7-11(6-2)10-14-12(15)8-9-13(14,3)4/h5-7H,1-2,8-10H2,3-4H3/b11-7+. The van der Waals surface area contributed by atoms with Crippen LogP contribution in [0.2, 0.25) is 0 Å². The molecule has 0 saturated carbocycles. The van der Waals surface area contributed by atoms with Crippen molar-refractivity contribution in [3.63, 3.8) is 0 Å². The summed E-state index contributed by atoms with van der Waals surface area (Å²) in [5, 5.41) is 0. The third-order valence-electron chi connectivity index (χ3n) is 2.92. The van der Waals surface area contributed by atoms with Gasteiger partial charge in [0.05, 0.1) is 0 Å². The minimum absolute atomic E-state index is 0.0274. The van der Waals surface area contributed by atoms with Gasteiger partial charge in [-0.05, 0) is 25.8 Å². The van der Waals surface area contributed by atoms with Gasteiger partial charge < -0.3 is 4.90 Å². The smallest absolute Gasteiger partial charge is 0.223 e. The van der Waals surface area contributed by atoms with Crippen LogP contribution >= 0.6 is 0 Å². The van der Waals surface area contributed by atoms with Crippen molar-refractivity contribution in [1.82, 2.24) is 4.90 Å². The first-order valence-electron chi connectivity index (χ1n) is 5.26. The Bertz CT molecular complexity index is 312. The third kappa shape index (κ3) is 2.58. The molecule has 1 fully saturated rings. The molecular weight excluding hydrogens is 186 g/mol. The molecule has 0 N–H and O–H groups in total. The quantitative estimate of drug-likeness (QED) is 0.646. The van der Waals surface area contributed by atoms with Crippen molar-refractivity contribution >= 4 is 5.91 Å². The molecule has 0 aromatic carbocycles. The molecule has 2 nitrogen and oxygen atoms in total. The zero-order chi connectivity index (χ0) is 11.5. The van der Waals surface area contributed by atoms with E-state index in [-0.39, 0.29) is 11.4 Å². The summed E-state index contributed by atoms with van der Waals surface area (Å²) in [5.41, 5.74) is 1.01. The monoisotopic (exact) mass is 205 g/mol. The van der Waals surface area contributed by atoms with E-state index >= 15 is 0 Å². The highest BCUT2D eigenvalue weighted by atomic mass is 16.2. The van der Waals surface area contributed by atoms with E-state index in [1.165, 1.54) is 0 Å². The van der Waals surface area contributed by atoms with Crippen LogP contribution in [0.5, 0.6) is 0 Å². The molecule has 1 rings (SSSR count). The van der Waals surface area contributed by atoms with Crippen LogP contribution in [0.15, 0.2) is 37.0 Å². The minimum Gasteiger partial charge on any atom is -0.333 e. The summed E-state index contributed by atoms with van der Waals surface area (Å²) in [4.78, 5) is 13.6. The number of carbonyl (C=O) groups excluding carboxylic acids is 1. The highest BCUT2D eigenvalue weighted by Crippen LogP contribution is 2.29. The van der Waals surface area contributed by atoms with Crippen molar-refractivity contribution < 1.29 is 4.79 Å². The Morgan fingerprint density at radius 3 is 2.60 bits per heavy atom. The fourth-order valence-electron chi connectivity index (χ4n) is 1.84. The SMILES string of the molecule is C=C/C=C(\C=C)CN1C(=O)CCC1(C)C. The zero-order valence-corrected chi connectivity index (χ0v) is 9.62. The molecule has 2 heteroatoms. The number of nitrogens with zero attached hydrogens (tertiary/aromatic N) is 1. The first-order valence-corrected chi connectivity index (χ1v) is 5.26. The number of carbonyl (C=O) groups is 1. The first kappa shape index (κ1) is 11.8. The van der Waals surface area contributed by atoms with Crippen LogP contribution < -0.4 is 0 Å². The average molecular weight is 205 g/mol. The van der Waals surface area contributed by atoms with Crippen molar-refractivity contribution in [3.05, 3.63) is 37.0 Å². The molecule has 82 valence electrons. The molecule has 0 unspecified atom stereocenters. The van der Waals surface area contributed by atoms with E-state index in [0.717, 1.165) is 12.0 Å². The van der Waals surface area contributed by atoms with Crippen molar-refractivity contribution in [1.29, 1.82) is 0 Å². The van der Waals surface area contributed by atoms with E-state index in [9.17, 15) is 4.79 Å². The van der Waals surface area contributed by atoms with Crippen LogP contribution in [0.1, 0.15) is 26.7 Å². The van der Waals surface area contributed by atoms with Crippen LogP contribution in [-0.2, 0) is 4.79 Å². The number of hydrogen-bond donors (Lipinski definition) is 0. The topological polar surface area (TPSA) is 20.3 Å². The van der Waals surface area contributed by atoms with E-state index < -0.39 is 0 Å². The molecule has 0 aliphatic carbocycles. The maximum Gasteiger partial charge on any atom is 0.223 e. The molecule has 0 spiro atoms. The normalized spacial score (nSPS) is 20.5. The fraction of sp³-hybridized carbons (Fsp3) is 0.462. The van der Waals surface area contributed by atoms with Gasteiger partial charge in [0.15, 0.2) is 0 Å². The van der Waals surface area contributed by atoms with Gasteiger partial charge in [-0.3, -0.25) is 4.79 Å². The Morgan fingerprint density at radius 2 is 2.20 bits per heavy atom. The summed E-state index contributed by atoms with van der Waals surface area (Å²) in [7, 11) is 0.